The third-order valence-corrected chi connectivity index (χ3v) is 7.27. The van der Waals surface area contributed by atoms with Crippen LogP contribution in [0.3, 0.4) is 0 Å². The van der Waals surface area contributed by atoms with Crippen LogP contribution in [0.5, 0.6) is 11.5 Å². The van der Waals surface area contributed by atoms with Gasteiger partial charge in [0.25, 0.3) is 0 Å². The van der Waals surface area contributed by atoms with Crippen molar-refractivity contribution in [2.45, 2.75) is 31.9 Å². The fourth-order valence-electron chi connectivity index (χ4n) is 5.32. The van der Waals surface area contributed by atoms with Gasteiger partial charge in [0.1, 0.15) is 18.1 Å². The maximum absolute atomic E-state index is 11.8. The first-order chi connectivity index (χ1) is 16.1. The maximum atomic E-state index is 11.8. The minimum Gasteiger partial charge on any atom is -0.497 e. The highest BCUT2D eigenvalue weighted by Crippen LogP contribution is 2.38. The number of urea groups is 1. The summed E-state index contributed by atoms with van der Waals surface area (Å²) in [5.74, 6) is 2.27. The number of piperidine rings is 1. The van der Waals surface area contributed by atoms with Gasteiger partial charge in [-0.25, -0.2) is 4.79 Å². The number of pyridine rings is 1. The summed E-state index contributed by atoms with van der Waals surface area (Å²) < 4.78 is 11.6. The number of nitrogens with one attached hydrogen (secondary N) is 1. The minimum absolute atomic E-state index is 0.0631. The molecule has 2 saturated heterocycles. The summed E-state index contributed by atoms with van der Waals surface area (Å²) in [6, 6.07) is 10.5. The minimum atomic E-state index is 0.0631. The van der Waals surface area contributed by atoms with E-state index in [1.54, 1.807) is 7.11 Å². The van der Waals surface area contributed by atoms with Gasteiger partial charge in [-0.15, -0.1) is 0 Å². The van der Waals surface area contributed by atoms with E-state index in [0.29, 0.717) is 18.6 Å². The third-order valence-electron chi connectivity index (χ3n) is 7.27. The number of nitrogens with zero attached hydrogens (tertiary/aromatic N) is 3. The van der Waals surface area contributed by atoms with Gasteiger partial charge in [0, 0.05) is 37.5 Å². The Bertz CT molecular complexity index is 1050. The largest absolute Gasteiger partial charge is 0.497 e. The van der Waals surface area contributed by atoms with Gasteiger partial charge in [-0.05, 0) is 68.1 Å². The molecular weight excluding hydrogens is 416 g/mol. The number of methoxy groups -OCH3 is 1. The van der Waals surface area contributed by atoms with Gasteiger partial charge in [0.05, 0.1) is 18.8 Å². The number of likely N-dealkylation sites (N-methyl/N-ethyl adjacent to an activating group) is 1. The van der Waals surface area contributed by atoms with Crippen LogP contribution in [0.25, 0.3) is 5.57 Å². The van der Waals surface area contributed by atoms with E-state index >= 15 is 0 Å². The van der Waals surface area contributed by atoms with Crippen LogP contribution in [0.2, 0.25) is 0 Å². The average Bonchev–Trinajstić information content (AvgIpc) is 3.10. The lowest BCUT2D eigenvalue weighted by Gasteiger charge is -2.36. The first-order valence-electron chi connectivity index (χ1n) is 11.8. The molecule has 2 fully saturated rings. The number of aromatic nitrogens is 1. The number of hydrogen-bond donors (Lipinski definition) is 1. The molecule has 174 valence electrons. The summed E-state index contributed by atoms with van der Waals surface area (Å²) >= 11 is 0. The summed E-state index contributed by atoms with van der Waals surface area (Å²) in [6.45, 7) is 4.43. The topological polar surface area (TPSA) is 66.9 Å². The monoisotopic (exact) mass is 448 g/mol. The van der Waals surface area contributed by atoms with Gasteiger partial charge < -0.3 is 24.6 Å². The van der Waals surface area contributed by atoms with Crippen LogP contribution in [0.1, 0.15) is 36.1 Å². The first-order valence-corrected chi connectivity index (χ1v) is 11.8. The number of benzene rings is 1. The molecule has 2 aromatic rings. The number of carbonyl (C=O) groups excluding carboxylic acids is 1. The Kier molecular flexibility index (Phi) is 6.22. The molecule has 3 aliphatic rings. The molecule has 0 bridgehead atoms. The quantitative estimate of drug-likeness (QED) is 0.758. The number of likely N-dealkylation sites (tertiary alicyclic amines) is 1. The fourth-order valence-corrected chi connectivity index (χ4v) is 5.32. The van der Waals surface area contributed by atoms with E-state index in [1.807, 2.05) is 36.3 Å². The Labute approximate surface area is 195 Å². The van der Waals surface area contributed by atoms with Gasteiger partial charge in [-0.2, -0.15) is 0 Å². The molecular formula is C26H32N4O3. The van der Waals surface area contributed by atoms with E-state index < -0.39 is 0 Å². The van der Waals surface area contributed by atoms with Crippen molar-refractivity contribution in [2.24, 2.45) is 5.92 Å². The molecule has 1 atom stereocenters. The van der Waals surface area contributed by atoms with E-state index in [-0.39, 0.29) is 6.03 Å². The molecule has 1 unspecified atom stereocenters. The zero-order chi connectivity index (χ0) is 22.8. The number of rotatable bonds is 5. The lowest BCUT2D eigenvalue weighted by molar-refractivity contribution is 0.135. The Hall–Kier alpha value is -3.06. The predicted octanol–water partition coefficient (Wildman–Crippen LogP) is 3.54. The highest BCUT2D eigenvalue weighted by molar-refractivity contribution is 5.85. The van der Waals surface area contributed by atoms with Crippen LogP contribution in [0.15, 0.2) is 42.6 Å². The molecule has 1 aromatic carbocycles. The molecule has 5 rings (SSSR count). The Morgan fingerprint density at radius 2 is 2.09 bits per heavy atom. The molecule has 0 spiro atoms. The molecule has 1 aromatic heterocycles. The zero-order valence-corrected chi connectivity index (χ0v) is 19.4. The Morgan fingerprint density at radius 1 is 1.24 bits per heavy atom. The second-order valence-corrected chi connectivity index (χ2v) is 9.10. The van der Waals surface area contributed by atoms with Crippen molar-refractivity contribution >= 4 is 11.6 Å². The maximum Gasteiger partial charge on any atom is 0.317 e. The molecule has 0 radical (unpaired) electrons. The average molecular weight is 449 g/mol. The van der Waals surface area contributed by atoms with E-state index in [1.165, 1.54) is 0 Å². The Balaban J connectivity index is 1.28. The van der Waals surface area contributed by atoms with Crippen molar-refractivity contribution in [2.75, 3.05) is 40.3 Å². The van der Waals surface area contributed by atoms with Crippen LogP contribution in [0, 0.1) is 5.92 Å². The molecule has 0 aliphatic carbocycles. The number of ether oxygens (including phenoxy) is 2. The van der Waals surface area contributed by atoms with Gasteiger partial charge in [0.15, 0.2) is 0 Å². The zero-order valence-electron chi connectivity index (χ0n) is 19.4. The summed E-state index contributed by atoms with van der Waals surface area (Å²) in [5.41, 5.74) is 4.31. The van der Waals surface area contributed by atoms with Crippen molar-refractivity contribution in [1.82, 2.24) is 20.1 Å². The van der Waals surface area contributed by atoms with Crippen LogP contribution in [-0.4, -0.2) is 67.2 Å². The summed E-state index contributed by atoms with van der Waals surface area (Å²) in [4.78, 5) is 20.8. The van der Waals surface area contributed by atoms with Crippen LogP contribution < -0.4 is 14.8 Å². The second kappa shape index (κ2) is 9.43. The third kappa shape index (κ3) is 4.42. The number of amides is 2. The lowest BCUT2D eigenvalue weighted by Crippen LogP contribution is -2.43. The standard InChI is InChI=1S/C26H32N4O3/c1-29-24(16-28-26(29)31)18-9-13-30(14-10-18)12-4-6-20-21-5-3-11-27-23(21)17-33-25-8-7-19(32-2)15-22(20)25/h3,5-8,11,15,18,24H,4,9-10,12-14,16-17H2,1-2H3,(H,28,31). The van der Waals surface area contributed by atoms with Crippen molar-refractivity contribution < 1.29 is 14.3 Å². The van der Waals surface area contributed by atoms with Gasteiger partial charge in [-0.1, -0.05) is 12.1 Å². The van der Waals surface area contributed by atoms with Crippen molar-refractivity contribution in [1.29, 1.82) is 0 Å². The molecule has 3 aliphatic heterocycles. The molecule has 7 nitrogen and oxygen atoms in total. The van der Waals surface area contributed by atoms with Gasteiger partial charge >= 0.3 is 6.03 Å². The molecule has 33 heavy (non-hydrogen) atoms. The summed E-state index contributed by atoms with van der Waals surface area (Å²) in [6.07, 6.45) is 7.38. The molecule has 2 amide bonds. The van der Waals surface area contributed by atoms with E-state index in [4.69, 9.17) is 9.47 Å². The van der Waals surface area contributed by atoms with Crippen molar-refractivity contribution in [3.05, 3.63) is 59.4 Å². The van der Waals surface area contributed by atoms with E-state index in [2.05, 4.69) is 33.4 Å². The first kappa shape index (κ1) is 21.8. The Morgan fingerprint density at radius 3 is 2.85 bits per heavy atom. The van der Waals surface area contributed by atoms with Gasteiger partial charge in [-0.3, -0.25) is 4.98 Å². The van der Waals surface area contributed by atoms with Crippen molar-refractivity contribution in [3.8, 4) is 11.5 Å². The second-order valence-electron chi connectivity index (χ2n) is 9.10. The SMILES string of the molecule is COc1ccc2c(c1)C(=CCCN1CCC(C3CNC(=O)N3C)CC1)c1cccnc1CO2. The normalized spacial score (nSPS) is 22.4. The highest BCUT2D eigenvalue weighted by Gasteiger charge is 2.35. The predicted molar refractivity (Wildman–Crippen MR) is 127 cm³/mol. The van der Waals surface area contributed by atoms with E-state index in [9.17, 15) is 4.79 Å². The van der Waals surface area contributed by atoms with Crippen LogP contribution >= 0.6 is 0 Å². The lowest BCUT2D eigenvalue weighted by atomic mass is 9.89. The van der Waals surface area contributed by atoms with Crippen LogP contribution in [0.4, 0.5) is 4.79 Å². The number of fused-ring (bicyclic) bond motifs is 2. The molecule has 7 heteroatoms. The van der Waals surface area contributed by atoms with Gasteiger partial charge in [0.2, 0.25) is 0 Å². The molecule has 1 N–H and O–H groups in total. The van der Waals surface area contributed by atoms with E-state index in [0.717, 1.165) is 79.3 Å². The number of carbonyl (C=O) groups is 1. The molecule has 0 saturated carbocycles. The summed E-state index contributed by atoms with van der Waals surface area (Å²) in [7, 11) is 3.61. The van der Waals surface area contributed by atoms with Crippen molar-refractivity contribution in [3.63, 3.8) is 0 Å². The highest BCUT2D eigenvalue weighted by atomic mass is 16.5. The summed E-state index contributed by atoms with van der Waals surface area (Å²) in [5, 5.41) is 2.97. The molecule has 4 heterocycles. The van der Waals surface area contributed by atoms with Crippen LogP contribution in [-0.2, 0) is 6.61 Å². The smallest absolute Gasteiger partial charge is 0.317 e. The fraction of sp³-hybridized carbons (Fsp3) is 0.462. The number of hydrogen-bond acceptors (Lipinski definition) is 5.